The first kappa shape index (κ1) is 23.6. The van der Waals surface area contributed by atoms with E-state index in [1.807, 2.05) is 34.5 Å². The predicted octanol–water partition coefficient (Wildman–Crippen LogP) is 5.45. The molecule has 1 fully saturated rings. The number of carbonyl (C=O) groups is 1. The van der Waals surface area contributed by atoms with Gasteiger partial charge in [-0.15, -0.1) is 11.3 Å². The van der Waals surface area contributed by atoms with Crippen molar-refractivity contribution >= 4 is 39.7 Å². The van der Waals surface area contributed by atoms with Gasteiger partial charge in [-0.3, -0.25) is 10.1 Å². The summed E-state index contributed by atoms with van der Waals surface area (Å²) in [6, 6.07) is 9.99. The van der Waals surface area contributed by atoms with Gasteiger partial charge in [0, 0.05) is 47.7 Å². The van der Waals surface area contributed by atoms with Crippen LogP contribution in [0, 0.1) is 11.6 Å². The Morgan fingerprint density at radius 2 is 1.85 bits per heavy atom. The van der Waals surface area contributed by atoms with Gasteiger partial charge in [0.05, 0.1) is 5.69 Å². The fraction of sp³-hybridized carbons (Fsp3) is 0.333. The molecule has 5 nitrogen and oxygen atoms in total. The zero-order chi connectivity index (χ0) is 23.6. The summed E-state index contributed by atoms with van der Waals surface area (Å²) in [6.07, 6.45) is 0.766. The smallest absolute Gasteiger partial charge is 0.263 e. The molecule has 1 aliphatic heterocycles. The van der Waals surface area contributed by atoms with E-state index >= 15 is 0 Å². The fourth-order valence-corrected chi connectivity index (χ4v) is 4.94. The Kier molecular flexibility index (Phi) is 6.97. The molecule has 0 aliphatic carbocycles. The first-order chi connectivity index (χ1) is 15.8. The molecule has 0 saturated carbocycles. The van der Waals surface area contributed by atoms with Crippen molar-refractivity contribution in [3.8, 4) is 0 Å². The normalized spacial score (nSPS) is 15.8. The quantitative estimate of drug-likeness (QED) is 0.482. The minimum atomic E-state index is -0.891. The average Bonchev–Trinajstić information content (AvgIpc) is 3.28. The summed E-state index contributed by atoms with van der Waals surface area (Å²) in [5, 5.41) is 8.54. The Morgan fingerprint density at radius 1 is 1.21 bits per heavy atom. The number of carbonyl (C=O) groups excluding carboxylic acids is 1. The maximum absolute atomic E-state index is 14.8. The van der Waals surface area contributed by atoms with Crippen LogP contribution in [0.15, 0.2) is 41.8 Å². The van der Waals surface area contributed by atoms with Crippen molar-refractivity contribution < 1.29 is 13.6 Å². The van der Waals surface area contributed by atoms with Crippen molar-refractivity contribution in [3.05, 3.63) is 75.3 Å². The van der Waals surface area contributed by atoms with Gasteiger partial charge in [-0.25, -0.2) is 13.8 Å². The number of hydrogen-bond acceptors (Lipinski definition) is 5. The molecule has 2 N–H and O–H groups in total. The van der Waals surface area contributed by atoms with Gasteiger partial charge in [0.1, 0.15) is 17.2 Å². The monoisotopic (exact) mass is 490 g/mol. The molecule has 1 unspecified atom stereocenters. The molecule has 1 saturated heterocycles. The number of benzene rings is 2. The lowest BCUT2D eigenvalue weighted by Crippen LogP contribution is -2.43. The van der Waals surface area contributed by atoms with Crippen molar-refractivity contribution in [1.29, 1.82) is 0 Å². The molecule has 4 rings (SSSR count). The van der Waals surface area contributed by atoms with E-state index in [2.05, 4.69) is 29.5 Å². The molecule has 33 heavy (non-hydrogen) atoms. The van der Waals surface area contributed by atoms with Gasteiger partial charge in [-0.2, -0.15) is 0 Å². The van der Waals surface area contributed by atoms with E-state index in [9.17, 15) is 13.6 Å². The minimum Gasteiger partial charge on any atom is -0.369 e. The summed E-state index contributed by atoms with van der Waals surface area (Å²) in [5.41, 5.74) is 1.23. The number of hydrogen-bond donors (Lipinski definition) is 2. The number of aromatic nitrogens is 1. The van der Waals surface area contributed by atoms with Crippen molar-refractivity contribution in [2.75, 3.05) is 36.4 Å². The van der Waals surface area contributed by atoms with Crippen LogP contribution in [0.2, 0.25) is 5.02 Å². The molecule has 0 radical (unpaired) electrons. The van der Waals surface area contributed by atoms with Crippen LogP contribution in [-0.4, -0.2) is 37.1 Å². The number of nitrogens with zero attached hydrogens (tertiary/aromatic N) is 2. The standard InChI is InChI=1S/C24H25ClF2N4OS/c1-3-24(2,15-4-6-16(25)7-5-15)20-14-33-23(29-20)30-22(32)21-18(26)12-17(13-19(21)27)31-10-8-28-9-11-31/h4-7,12-14,28H,3,8-11H2,1-2H3,(H,29,30,32). The SMILES string of the molecule is CCC(C)(c1ccc(Cl)cc1)c1csc(NC(=O)c2c(F)cc(N3CCNCC3)cc2F)n1. The Balaban J connectivity index is 1.54. The number of thiazole rings is 1. The van der Waals surface area contributed by atoms with E-state index in [0.717, 1.165) is 30.8 Å². The van der Waals surface area contributed by atoms with Gasteiger partial charge in [0.15, 0.2) is 5.13 Å². The third-order valence-electron chi connectivity index (χ3n) is 6.21. The summed E-state index contributed by atoms with van der Waals surface area (Å²) in [6.45, 7) is 6.89. The number of piperazine rings is 1. The molecule has 1 atom stereocenters. The lowest BCUT2D eigenvalue weighted by Gasteiger charge is -2.29. The molecule has 1 aromatic heterocycles. The third-order valence-corrected chi connectivity index (χ3v) is 7.22. The maximum Gasteiger partial charge on any atom is 0.263 e. The van der Waals surface area contributed by atoms with Crippen molar-refractivity contribution in [3.63, 3.8) is 0 Å². The molecular formula is C24H25ClF2N4OS. The molecular weight excluding hydrogens is 466 g/mol. The highest BCUT2D eigenvalue weighted by molar-refractivity contribution is 7.14. The highest BCUT2D eigenvalue weighted by Gasteiger charge is 2.30. The van der Waals surface area contributed by atoms with Crippen LogP contribution in [0.5, 0.6) is 0 Å². The summed E-state index contributed by atoms with van der Waals surface area (Å²) in [7, 11) is 0. The largest absolute Gasteiger partial charge is 0.369 e. The van der Waals surface area contributed by atoms with E-state index < -0.39 is 28.5 Å². The van der Waals surface area contributed by atoms with E-state index in [1.165, 1.54) is 23.5 Å². The van der Waals surface area contributed by atoms with Crippen LogP contribution in [0.25, 0.3) is 0 Å². The van der Waals surface area contributed by atoms with Crippen LogP contribution in [0.3, 0.4) is 0 Å². The third kappa shape index (κ3) is 4.88. The summed E-state index contributed by atoms with van der Waals surface area (Å²) < 4.78 is 29.5. The van der Waals surface area contributed by atoms with Crippen molar-refractivity contribution in [2.45, 2.75) is 25.7 Å². The zero-order valence-electron chi connectivity index (χ0n) is 18.4. The second-order valence-corrected chi connectivity index (χ2v) is 9.50. The molecule has 1 aliphatic rings. The zero-order valence-corrected chi connectivity index (χ0v) is 20.0. The fourth-order valence-electron chi connectivity index (χ4n) is 3.98. The Bertz CT molecular complexity index is 1120. The summed E-state index contributed by atoms with van der Waals surface area (Å²) in [5.74, 6) is -2.64. The number of rotatable bonds is 6. The average molecular weight is 491 g/mol. The van der Waals surface area contributed by atoms with Crippen LogP contribution in [0.1, 0.15) is 41.9 Å². The Labute approximate surface area is 200 Å². The minimum absolute atomic E-state index is 0.286. The highest BCUT2D eigenvalue weighted by atomic mass is 35.5. The predicted molar refractivity (Wildman–Crippen MR) is 130 cm³/mol. The molecule has 0 bridgehead atoms. The molecule has 2 heterocycles. The number of nitrogens with one attached hydrogen (secondary N) is 2. The van der Waals surface area contributed by atoms with Crippen molar-refractivity contribution in [2.24, 2.45) is 0 Å². The van der Waals surface area contributed by atoms with Crippen LogP contribution >= 0.6 is 22.9 Å². The summed E-state index contributed by atoms with van der Waals surface area (Å²) in [4.78, 5) is 19.2. The van der Waals surface area contributed by atoms with E-state index in [1.54, 1.807) is 0 Å². The molecule has 1 amide bonds. The Morgan fingerprint density at radius 3 is 2.45 bits per heavy atom. The van der Waals surface area contributed by atoms with Gasteiger partial charge in [-0.1, -0.05) is 30.7 Å². The van der Waals surface area contributed by atoms with Gasteiger partial charge >= 0.3 is 0 Å². The van der Waals surface area contributed by atoms with Gasteiger partial charge in [0.2, 0.25) is 0 Å². The van der Waals surface area contributed by atoms with Crippen LogP contribution in [-0.2, 0) is 5.41 Å². The van der Waals surface area contributed by atoms with Crippen LogP contribution in [0.4, 0.5) is 19.6 Å². The lowest BCUT2D eigenvalue weighted by atomic mass is 9.78. The van der Waals surface area contributed by atoms with Crippen molar-refractivity contribution in [1.82, 2.24) is 10.3 Å². The first-order valence-corrected chi connectivity index (χ1v) is 12.1. The van der Waals surface area contributed by atoms with E-state index in [4.69, 9.17) is 11.6 Å². The van der Waals surface area contributed by atoms with Crippen LogP contribution < -0.4 is 15.5 Å². The number of halogens is 3. The maximum atomic E-state index is 14.8. The van der Waals surface area contributed by atoms with E-state index in [0.29, 0.717) is 23.8 Å². The molecule has 9 heteroatoms. The van der Waals surface area contributed by atoms with E-state index in [-0.39, 0.29) is 5.13 Å². The van der Waals surface area contributed by atoms with Gasteiger partial charge in [0.25, 0.3) is 5.91 Å². The molecule has 2 aromatic carbocycles. The lowest BCUT2D eigenvalue weighted by molar-refractivity contribution is 0.101. The first-order valence-electron chi connectivity index (χ1n) is 10.8. The molecule has 3 aromatic rings. The summed E-state index contributed by atoms with van der Waals surface area (Å²) >= 11 is 7.24. The second kappa shape index (κ2) is 9.75. The number of amides is 1. The topological polar surface area (TPSA) is 57.3 Å². The Hall–Kier alpha value is -2.55. The second-order valence-electron chi connectivity index (χ2n) is 8.21. The molecule has 0 spiro atoms. The number of anilines is 2. The van der Waals surface area contributed by atoms with Gasteiger partial charge < -0.3 is 10.2 Å². The molecule has 174 valence electrons. The van der Waals surface area contributed by atoms with Gasteiger partial charge in [-0.05, 0) is 43.2 Å². The highest BCUT2D eigenvalue weighted by Crippen LogP contribution is 2.37.